The van der Waals surface area contributed by atoms with E-state index in [1.165, 1.54) is 24.1 Å². The quantitative estimate of drug-likeness (QED) is 0.717. The number of aromatic nitrogens is 3. The Balaban J connectivity index is 1.57. The monoisotopic (exact) mass is 425 g/mol. The van der Waals surface area contributed by atoms with Gasteiger partial charge >= 0.3 is 6.18 Å². The van der Waals surface area contributed by atoms with Gasteiger partial charge in [0.05, 0.1) is 24.4 Å². The lowest BCUT2D eigenvalue weighted by Crippen LogP contribution is -2.39. The molecule has 3 rings (SSSR count). The van der Waals surface area contributed by atoms with E-state index in [2.05, 4.69) is 15.6 Å². The molecule has 1 aromatic carbocycles. The Morgan fingerprint density at radius 2 is 2.00 bits per heavy atom. The Labute approximate surface area is 171 Å². The van der Waals surface area contributed by atoms with Gasteiger partial charge in [0.2, 0.25) is 0 Å². The van der Waals surface area contributed by atoms with E-state index < -0.39 is 17.6 Å². The van der Waals surface area contributed by atoms with Gasteiger partial charge in [0.1, 0.15) is 0 Å². The number of ether oxygens (including phenoxy) is 1. The van der Waals surface area contributed by atoms with Gasteiger partial charge in [-0.05, 0) is 31.0 Å². The molecule has 8 nitrogen and oxygen atoms in total. The van der Waals surface area contributed by atoms with Gasteiger partial charge < -0.3 is 15.0 Å². The average Bonchev–Trinajstić information content (AvgIpc) is 3.23. The van der Waals surface area contributed by atoms with E-state index in [9.17, 15) is 22.8 Å². The van der Waals surface area contributed by atoms with Crippen LogP contribution in [0.3, 0.4) is 0 Å². The number of benzene rings is 1. The summed E-state index contributed by atoms with van der Waals surface area (Å²) in [7, 11) is 1.53. The summed E-state index contributed by atoms with van der Waals surface area (Å²) in [6.07, 6.45) is -1.83. The second kappa shape index (κ2) is 9.24. The lowest BCUT2D eigenvalue weighted by Gasteiger charge is -2.32. The zero-order chi connectivity index (χ0) is 21.7. The number of halogens is 3. The lowest BCUT2D eigenvalue weighted by atomic mass is 10.0. The number of likely N-dealkylation sites (tertiary alicyclic amines) is 1. The first-order valence-electron chi connectivity index (χ1n) is 9.45. The minimum atomic E-state index is -4.50. The summed E-state index contributed by atoms with van der Waals surface area (Å²) in [6.45, 7) is 1.49. The van der Waals surface area contributed by atoms with Crippen LogP contribution in [-0.2, 0) is 10.9 Å². The van der Waals surface area contributed by atoms with Gasteiger partial charge in [0.25, 0.3) is 11.8 Å². The van der Waals surface area contributed by atoms with Gasteiger partial charge in [-0.2, -0.15) is 13.2 Å². The van der Waals surface area contributed by atoms with Crippen molar-refractivity contribution in [3.63, 3.8) is 0 Å². The minimum absolute atomic E-state index is 0.0130. The molecule has 0 saturated carbocycles. The second-order valence-corrected chi connectivity index (χ2v) is 6.93. The Hall–Kier alpha value is -2.95. The fourth-order valence-corrected chi connectivity index (χ4v) is 3.26. The first kappa shape index (κ1) is 21.8. The Morgan fingerprint density at radius 1 is 1.27 bits per heavy atom. The zero-order valence-electron chi connectivity index (χ0n) is 16.4. The molecule has 1 saturated heterocycles. The van der Waals surface area contributed by atoms with Gasteiger partial charge in [-0.1, -0.05) is 11.3 Å². The van der Waals surface area contributed by atoms with Gasteiger partial charge in [0.15, 0.2) is 5.69 Å². The largest absolute Gasteiger partial charge is 0.416 e. The number of piperidine rings is 1. The van der Waals surface area contributed by atoms with E-state index in [1.807, 2.05) is 0 Å². The van der Waals surface area contributed by atoms with Crippen molar-refractivity contribution < 1.29 is 27.5 Å². The molecule has 2 aromatic rings. The maximum Gasteiger partial charge on any atom is 0.416 e. The fraction of sp³-hybridized carbons (Fsp3) is 0.474. The lowest BCUT2D eigenvalue weighted by molar-refractivity contribution is -0.137. The van der Waals surface area contributed by atoms with Crippen LogP contribution in [0.15, 0.2) is 30.5 Å². The van der Waals surface area contributed by atoms with E-state index >= 15 is 0 Å². The standard InChI is InChI=1S/C19H22F3N5O3/c1-30-10-7-23-17(28)16-12-27(25-24-16)15-5-8-26(9-6-15)18(29)13-3-2-4-14(11-13)19(20,21)22/h2-4,11-12,15H,5-10H2,1H3,(H,23,28). The third-order valence-electron chi connectivity index (χ3n) is 4.90. The molecular formula is C19H22F3N5O3. The van der Waals surface area contributed by atoms with Crippen molar-refractivity contribution in [2.75, 3.05) is 33.4 Å². The highest BCUT2D eigenvalue weighted by Gasteiger charge is 2.32. The Morgan fingerprint density at radius 3 is 2.67 bits per heavy atom. The predicted octanol–water partition coefficient (Wildman–Crippen LogP) is 2.15. The molecule has 0 unspecified atom stereocenters. The smallest absolute Gasteiger partial charge is 0.383 e. The van der Waals surface area contributed by atoms with Crippen LogP contribution in [0.25, 0.3) is 0 Å². The maximum atomic E-state index is 12.9. The molecule has 0 spiro atoms. The Bertz CT molecular complexity index is 892. The van der Waals surface area contributed by atoms with E-state index in [0.29, 0.717) is 39.1 Å². The second-order valence-electron chi connectivity index (χ2n) is 6.93. The van der Waals surface area contributed by atoms with Crippen LogP contribution in [0.2, 0.25) is 0 Å². The van der Waals surface area contributed by atoms with Gasteiger partial charge in [-0.3, -0.25) is 9.59 Å². The fourth-order valence-electron chi connectivity index (χ4n) is 3.26. The molecule has 0 radical (unpaired) electrons. The molecule has 1 aliphatic heterocycles. The highest BCUT2D eigenvalue weighted by atomic mass is 19.4. The number of hydrogen-bond acceptors (Lipinski definition) is 5. The minimum Gasteiger partial charge on any atom is -0.383 e. The predicted molar refractivity (Wildman–Crippen MR) is 99.8 cm³/mol. The topological polar surface area (TPSA) is 89.4 Å². The van der Waals surface area contributed by atoms with Crippen molar-refractivity contribution in [2.45, 2.75) is 25.1 Å². The average molecular weight is 425 g/mol. The molecule has 1 aliphatic rings. The van der Waals surface area contributed by atoms with Crippen molar-refractivity contribution in [1.29, 1.82) is 0 Å². The third kappa shape index (κ3) is 5.15. The molecule has 11 heteroatoms. The zero-order valence-corrected chi connectivity index (χ0v) is 16.4. The molecular weight excluding hydrogens is 403 g/mol. The van der Waals surface area contributed by atoms with Crippen molar-refractivity contribution in [3.05, 3.63) is 47.3 Å². The number of nitrogens with zero attached hydrogens (tertiary/aromatic N) is 4. The molecule has 1 N–H and O–H groups in total. The van der Waals surface area contributed by atoms with Crippen molar-refractivity contribution in [3.8, 4) is 0 Å². The number of rotatable bonds is 6. The van der Waals surface area contributed by atoms with Crippen molar-refractivity contribution in [2.24, 2.45) is 0 Å². The van der Waals surface area contributed by atoms with E-state index in [1.54, 1.807) is 10.9 Å². The van der Waals surface area contributed by atoms with Crippen molar-refractivity contribution in [1.82, 2.24) is 25.2 Å². The molecule has 0 bridgehead atoms. The van der Waals surface area contributed by atoms with E-state index in [4.69, 9.17) is 4.74 Å². The first-order chi connectivity index (χ1) is 14.3. The van der Waals surface area contributed by atoms with Crippen molar-refractivity contribution >= 4 is 11.8 Å². The SMILES string of the molecule is COCCNC(=O)c1cn(C2CCN(C(=O)c3cccc(C(F)(F)F)c3)CC2)nn1. The number of carbonyl (C=O) groups is 2. The molecule has 2 heterocycles. The summed E-state index contributed by atoms with van der Waals surface area (Å²) in [5.74, 6) is -0.785. The third-order valence-corrected chi connectivity index (χ3v) is 4.90. The molecule has 2 amide bonds. The number of carbonyl (C=O) groups excluding carboxylic acids is 2. The highest BCUT2D eigenvalue weighted by molar-refractivity contribution is 5.94. The van der Waals surface area contributed by atoms with Gasteiger partial charge in [-0.15, -0.1) is 5.10 Å². The van der Waals surface area contributed by atoms with Crippen LogP contribution in [-0.4, -0.2) is 65.1 Å². The summed E-state index contributed by atoms with van der Waals surface area (Å²) in [5, 5.41) is 10.5. The van der Waals surface area contributed by atoms with Crippen LogP contribution >= 0.6 is 0 Å². The van der Waals surface area contributed by atoms with Gasteiger partial charge in [0, 0.05) is 32.3 Å². The number of methoxy groups -OCH3 is 1. The van der Waals surface area contributed by atoms with Gasteiger partial charge in [-0.25, -0.2) is 4.68 Å². The number of alkyl halides is 3. The first-order valence-corrected chi connectivity index (χ1v) is 9.45. The molecule has 1 aromatic heterocycles. The summed E-state index contributed by atoms with van der Waals surface area (Å²) in [5.41, 5.74) is -0.644. The van der Waals surface area contributed by atoms with Crippen LogP contribution < -0.4 is 5.32 Å². The van der Waals surface area contributed by atoms with Crippen LogP contribution in [0, 0.1) is 0 Å². The summed E-state index contributed by atoms with van der Waals surface area (Å²) < 4.78 is 45.1. The molecule has 162 valence electrons. The molecule has 1 fully saturated rings. The van der Waals surface area contributed by atoms with Crippen LogP contribution in [0.1, 0.15) is 45.3 Å². The highest BCUT2D eigenvalue weighted by Crippen LogP contribution is 2.30. The van der Waals surface area contributed by atoms with Crippen LogP contribution in [0.5, 0.6) is 0 Å². The number of nitrogens with one attached hydrogen (secondary N) is 1. The molecule has 30 heavy (non-hydrogen) atoms. The molecule has 0 atom stereocenters. The Kier molecular flexibility index (Phi) is 6.70. The normalized spacial score (nSPS) is 15.3. The molecule has 0 aliphatic carbocycles. The summed E-state index contributed by atoms with van der Waals surface area (Å²) in [4.78, 5) is 26.1. The number of hydrogen-bond donors (Lipinski definition) is 1. The summed E-state index contributed by atoms with van der Waals surface area (Å²) in [6, 6.07) is 4.38. The maximum absolute atomic E-state index is 12.9. The van der Waals surface area contributed by atoms with Crippen LogP contribution in [0.4, 0.5) is 13.2 Å². The van der Waals surface area contributed by atoms with E-state index in [0.717, 1.165) is 12.1 Å². The summed E-state index contributed by atoms with van der Waals surface area (Å²) >= 11 is 0. The number of amides is 2. The van der Waals surface area contributed by atoms with E-state index in [-0.39, 0.29) is 23.2 Å².